The monoisotopic (exact) mass is 268 g/mol. The molecule has 0 aromatic rings. The molecule has 1 amide bonds. The highest BCUT2D eigenvalue weighted by Crippen LogP contribution is 2.05. The van der Waals surface area contributed by atoms with Crippen LogP contribution in [0.15, 0.2) is 0 Å². The van der Waals surface area contributed by atoms with Crippen molar-refractivity contribution in [3.05, 3.63) is 0 Å². The molecule has 0 fully saturated rings. The van der Waals surface area contributed by atoms with Crippen LogP contribution >= 0.6 is 24.2 Å². The lowest BCUT2D eigenvalue weighted by Gasteiger charge is -2.04. The molecule has 3 nitrogen and oxygen atoms in total. The fourth-order valence-corrected chi connectivity index (χ4v) is 2.13. The molecule has 0 bridgehead atoms. The molecule has 0 atom stereocenters. The Morgan fingerprint density at radius 1 is 1.25 bits per heavy atom. The standard InChI is InChI=1S/C11H24N2OS.ClH/c1-2-3-9-15-10-6-11(14)13-8-5-4-7-12;/h2-10,12H2,1H3,(H,13,14);1H. The lowest BCUT2D eigenvalue weighted by atomic mass is 10.3. The molecule has 0 aromatic carbocycles. The number of halogens is 1. The highest BCUT2D eigenvalue weighted by atomic mass is 35.5. The highest BCUT2D eigenvalue weighted by Gasteiger charge is 1.99. The average molecular weight is 269 g/mol. The molecule has 0 radical (unpaired) electrons. The molecular weight excluding hydrogens is 244 g/mol. The van der Waals surface area contributed by atoms with E-state index in [-0.39, 0.29) is 18.3 Å². The number of amides is 1. The van der Waals surface area contributed by atoms with Crippen molar-refractivity contribution in [3.8, 4) is 0 Å². The van der Waals surface area contributed by atoms with E-state index in [2.05, 4.69) is 12.2 Å². The van der Waals surface area contributed by atoms with Gasteiger partial charge in [-0.25, -0.2) is 0 Å². The molecule has 0 rings (SSSR count). The van der Waals surface area contributed by atoms with Crippen molar-refractivity contribution in [2.24, 2.45) is 5.73 Å². The smallest absolute Gasteiger partial charge is 0.220 e. The maximum Gasteiger partial charge on any atom is 0.220 e. The number of carbonyl (C=O) groups excluding carboxylic acids is 1. The van der Waals surface area contributed by atoms with E-state index in [9.17, 15) is 4.79 Å². The highest BCUT2D eigenvalue weighted by molar-refractivity contribution is 7.99. The van der Waals surface area contributed by atoms with Crippen LogP contribution in [0.2, 0.25) is 0 Å². The van der Waals surface area contributed by atoms with Gasteiger partial charge in [-0.3, -0.25) is 4.79 Å². The van der Waals surface area contributed by atoms with Crippen LogP contribution in [-0.2, 0) is 4.79 Å². The van der Waals surface area contributed by atoms with Gasteiger partial charge < -0.3 is 11.1 Å². The van der Waals surface area contributed by atoms with Gasteiger partial charge >= 0.3 is 0 Å². The summed E-state index contributed by atoms with van der Waals surface area (Å²) in [6, 6.07) is 0. The van der Waals surface area contributed by atoms with Crippen molar-refractivity contribution in [2.75, 3.05) is 24.6 Å². The number of thioether (sulfide) groups is 1. The van der Waals surface area contributed by atoms with Crippen LogP contribution in [0.1, 0.15) is 39.0 Å². The Hall–Kier alpha value is 0.0700. The number of unbranched alkanes of at least 4 members (excludes halogenated alkanes) is 2. The third-order valence-electron chi connectivity index (χ3n) is 2.07. The number of hydrogen-bond donors (Lipinski definition) is 2. The van der Waals surface area contributed by atoms with Crippen LogP contribution in [0.5, 0.6) is 0 Å². The molecule has 16 heavy (non-hydrogen) atoms. The number of nitrogens with one attached hydrogen (secondary N) is 1. The zero-order valence-electron chi connectivity index (χ0n) is 10.2. The second-order valence-electron chi connectivity index (χ2n) is 3.56. The van der Waals surface area contributed by atoms with Crippen LogP contribution in [0, 0.1) is 0 Å². The van der Waals surface area contributed by atoms with Crippen LogP contribution in [0.25, 0.3) is 0 Å². The lowest BCUT2D eigenvalue weighted by Crippen LogP contribution is -2.25. The molecule has 98 valence electrons. The molecule has 0 aliphatic rings. The lowest BCUT2D eigenvalue weighted by molar-refractivity contribution is -0.120. The van der Waals surface area contributed by atoms with E-state index < -0.39 is 0 Å². The van der Waals surface area contributed by atoms with E-state index in [1.807, 2.05) is 11.8 Å². The number of carbonyl (C=O) groups is 1. The van der Waals surface area contributed by atoms with E-state index in [4.69, 9.17) is 5.73 Å². The Morgan fingerprint density at radius 2 is 2.00 bits per heavy atom. The summed E-state index contributed by atoms with van der Waals surface area (Å²) in [5.41, 5.74) is 5.36. The van der Waals surface area contributed by atoms with Gasteiger partial charge in [-0.1, -0.05) is 13.3 Å². The van der Waals surface area contributed by atoms with Gasteiger partial charge in [0.15, 0.2) is 0 Å². The summed E-state index contributed by atoms with van der Waals surface area (Å²) in [6.45, 7) is 3.67. The maximum absolute atomic E-state index is 11.3. The minimum Gasteiger partial charge on any atom is -0.356 e. The van der Waals surface area contributed by atoms with Gasteiger partial charge in [-0.2, -0.15) is 11.8 Å². The molecule has 0 unspecified atom stereocenters. The van der Waals surface area contributed by atoms with E-state index in [0.717, 1.165) is 25.1 Å². The van der Waals surface area contributed by atoms with Gasteiger partial charge in [0.05, 0.1) is 0 Å². The number of rotatable bonds is 10. The summed E-state index contributed by atoms with van der Waals surface area (Å²) in [5, 5.41) is 2.90. The Balaban J connectivity index is 0. The number of hydrogen-bond acceptors (Lipinski definition) is 3. The van der Waals surface area contributed by atoms with Gasteiger partial charge in [-0.05, 0) is 31.6 Å². The zero-order valence-corrected chi connectivity index (χ0v) is 11.8. The molecule has 0 spiro atoms. The maximum atomic E-state index is 11.3. The van der Waals surface area contributed by atoms with Crippen LogP contribution < -0.4 is 11.1 Å². The quantitative estimate of drug-likeness (QED) is 0.597. The second kappa shape index (κ2) is 15.1. The van der Waals surface area contributed by atoms with Crippen molar-refractivity contribution >= 4 is 30.1 Å². The van der Waals surface area contributed by atoms with Crippen molar-refractivity contribution in [1.82, 2.24) is 5.32 Å². The Bertz CT molecular complexity index is 159. The first-order chi connectivity index (χ1) is 7.31. The first-order valence-corrected chi connectivity index (χ1v) is 7.01. The number of nitrogens with two attached hydrogens (primary N) is 1. The molecule has 0 aromatic heterocycles. The SMILES string of the molecule is CCCCSCCC(=O)NCCCCN.Cl. The third kappa shape index (κ3) is 14.1. The molecule has 0 saturated heterocycles. The normalized spacial score (nSPS) is 9.62. The van der Waals surface area contributed by atoms with Crippen LogP contribution in [0.3, 0.4) is 0 Å². The topological polar surface area (TPSA) is 55.1 Å². The summed E-state index contributed by atoms with van der Waals surface area (Å²) in [6.07, 6.45) is 5.12. The van der Waals surface area contributed by atoms with Crippen molar-refractivity contribution in [2.45, 2.75) is 39.0 Å². The second-order valence-corrected chi connectivity index (χ2v) is 4.79. The zero-order chi connectivity index (χ0) is 11.4. The summed E-state index contributed by atoms with van der Waals surface area (Å²) in [5.74, 6) is 2.30. The van der Waals surface area contributed by atoms with Crippen molar-refractivity contribution < 1.29 is 4.79 Å². The first-order valence-electron chi connectivity index (χ1n) is 5.85. The van der Waals surface area contributed by atoms with Gasteiger partial charge in [0, 0.05) is 18.7 Å². The Labute approximate surface area is 110 Å². The molecule has 0 aliphatic heterocycles. The summed E-state index contributed by atoms with van der Waals surface area (Å²) in [7, 11) is 0. The molecular formula is C11H25ClN2OS. The van der Waals surface area contributed by atoms with E-state index in [1.165, 1.54) is 18.6 Å². The van der Waals surface area contributed by atoms with Gasteiger partial charge in [0.2, 0.25) is 5.91 Å². The van der Waals surface area contributed by atoms with E-state index in [0.29, 0.717) is 13.0 Å². The first kappa shape index (κ1) is 18.4. The fraction of sp³-hybridized carbons (Fsp3) is 0.909. The van der Waals surface area contributed by atoms with Crippen LogP contribution in [-0.4, -0.2) is 30.5 Å². The summed E-state index contributed by atoms with van der Waals surface area (Å²) < 4.78 is 0. The van der Waals surface area contributed by atoms with E-state index >= 15 is 0 Å². The molecule has 0 saturated carbocycles. The fourth-order valence-electron chi connectivity index (χ4n) is 1.10. The third-order valence-corrected chi connectivity index (χ3v) is 3.14. The molecule has 0 heterocycles. The molecule has 0 aliphatic carbocycles. The summed E-state index contributed by atoms with van der Waals surface area (Å²) in [4.78, 5) is 11.3. The predicted octanol–water partition coefficient (Wildman–Crippen LogP) is 2.19. The minimum absolute atomic E-state index is 0. The largest absolute Gasteiger partial charge is 0.356 e. The van der Waals surface area contributed by atoms with Gasteiger partial charge in [0.25, 0.3) is 0 Å². The minimum atomic E-state index is 0. The van der Waals surface area contributed by atoms with E-state index in [1.54, 1.807) is 0 Å². The van der Waals surface area contributed by atoms with Crippen LogP contribution in [0.4, 0.5) is 0 Å². The van der Waals surface area contributed by atoms with Crippen molar-refractivity contribution in [3.63, 3.8) is 0 Å². The Morgan fingerprint density at radius 3 is 2.62 bits per heavy atom. The van der Waals surface area contributed by atoms with Gasteiger partial charge in [0.1, 0.15) is 0 Å². The summed E-state index contributed by atoms with van der Waals surface area (Å²) >= 11 is 1.87. The van der Waals surface area contributed by atoms with Crippen molar-refractivity contribution in [1.29, 1.82) is 0 Å². The predicted molar refractivity (Wildman–Crippen MR) is 75.4 cm³/mol. The average Bonchev–Trinajstić information content (AvgIpc) is 2.24. The Kier molecular flexibility index (Phi) is 17.4. The molecule has 5 heteroatoms. The van der Waals surface area contributed by atoms with Gasteiger partial charge in [-0.15, -0.1) is 12.4 Å². The molecule has 3 N–H and O–H groups in total.